The predicted molar refractivity (Wildman–Crippen MR) is 60.7 cm³/mol. The van der Waals surface area contributed by atoms with Gasteiger partial charge in [-0.15, -0.1) is 21.8 Å². The summed E-state index contributed by atoms with van der Waals surface area (Å²) in [6, 6.07) is 0. The van der Waals surface area contributed by atoms with E-state index in [4.69, 9.17) is 16.3 Å². The lowest BCUT2D eigenvalue weighted by Gasteiger charge is -2.07. The molecule has 0 saturated heterocycles. The van der Waals surface area contributed by atoms with Crippen molar-refractivity contribution in [3.8, 4) is 0 Å². The summed E-state index contributed by atoms with van der Waals surface area (Å²) in [6.07, 6.45) is 4.20. The fourth-order valence-corrected chi connectivity index (χ4v) is 1.86. The summed E-state index contributed by atoms with van der Waals surface area (Å²) in [6.45, 7) is 2.40. The van der Waals surface area contributed by atoms with E-state index in [9.17, 15) is 0 Å². The zero-order chi connectivity index (χ0) is 11.5. The Bertz CT molecular complexity index is 485. The Morgan fingerprint density at radius 3 is 3.06 bits per heavy atom. The fourth-order valence-electron chi connectivity index (χ4n) is 1.59. The molecule has 0 fully saturated rings. The first kappa shape index (κ1) is 11.3. The van der Waals surface area contributed by atoms with Crippen LogP contribution in [-0.2, 0) is 11.2 Å². The second-order valence-electron chi connectivity index (χ2n) is 3.57. The molecule has 0 radical (unpaired) electrons. The van der Waals surface area contributed by atoms with Gasteiger partial charge in [-0.1, -0.05) is 0 Å². The normalized spacial score (nSPS) is 13.2. The van der Waals surface area contributed by atoms with E-state index in [1.807, 2.05) is 17.5 Å². The number of ether oxygens (including phenoxy) is 1. The highest BCUT2D eigenvalue weighted by Crippen LogP contribution is 2.12. The molecule has 0 spiro atoms. The Labute approximate surface area is 98.4 Å². The summed E-state index contributed by atoms with van der Waals surface area (Å²) in [5, 5.41) is 7.99. The Kier molecular flexibility index (Phi) is 3.36. The molecule has 1 atom stereocenters. The summed E-state index contributed by atoms with van der Waals surface area (Å²) >= 11 is 6.10. The van der Waals surface area contributed by atoms with Crippen molar-refractivity contribution in [2.45, 2.75) is 18.7 Å². The summed E-state index contributed by atoms with van der Waals surface area (Å²) in [5.74, 6) is 0.844. The molecule has 2 rings (SSSR count). The van der Waals surface area contributed by atoms with Gasteiger partial charge in [0.05, 0.1) is 17.7 Å². The maximum Gasteiger partial charge on any atom is 0.182 e. The lowest BCUT2D eigenvalue weighted by Crippen LogP contribution is -2.12. The average molecular weight is 241 g/mol. The molecule has 2 heterocycles. The Hall–Kier alpha value is -1.20. The minimum absolute atomic E-state index is 0.0966. The number of hydrogen-bond acceptors (Lipinski definition) is 4. The Balaban J connectivity index is 2.30. The molecule has 0 amide bonds. The predicted octanol–water partition coefficient (Wildman–Crippen LogP) is 1.23. The van der Waals surface area contributed by atoms with E-state index in [1.165, 1.54) is 0 Å². The Morgan fingerprint density at radius 1 is 1.50 bits per heavy atom. The number of hydrogen-bond donors (Lipinski definition) is 0. The number of rotatable bonds is 4. The van der Waals surface area contributed by atoms with Gasteiger partial charge < -0.3 is 4.74 Å². The highest BCUT2D eigenvalue weighted by molar-refractivity contribution is 6.20. The van der Waals surface area contributed by atoms with Crippen LogP contribution in [0.2, 0.25) is 0 Å². The first-order valence-electron chi connectivity index (χ1n) is 5.00. The third-order valence-corrected chi connectivity index (χ3v) is 2.61. The van der Waals surface area contributed by atoms with Crippen molar-refractivity contribution >= 4 is 17.2 Å². The van der Waals surface area contributed by atoms with Crippen LogP contribution >= 0.6 is 11.6 Å². The molecule has 0 aliphatic rings. The molecule has 2 aromatic rings. The van der Waals surface area contributed by atoms with Crippen molar-refractivity contribution < 1.29 is 4.74 Å². The number of halogens is 1. The van der Waals surface area contributed by atoms with Gasteiger partial charge in [0.25, 0.3) is 0 Å². The van der Waals surface area contributed by atoms with E-state index >= 15 is 0 Å². The van der Waals surface area contributed by atoms with Crippen molar-refractivity contribution in [1.29, 1.82) is 0 Å². The van der Waals surface area contributed by atoms with Crippen molar-refractivity contribution in [1.82, 2.24) is 19.6 Å². The average Bonchev–Trinajstić information content (AvgIpc) is 2.62. The zero-order valence-corrected chi connectivity index (χ0v) is 9.98. The van der Waals surface area contributed by atoms with Crippen LogP contribution in [0.1, 0.15) is 11.5 Å². The molecular formula is C10H13ClN4O. The van der Waals surface area contributed by atoms with Crippen LogP contribution in [-0.4, -0.2) is 38.7 Å². The quantitative estimate of drug-likeness (QED) is 0.755. The first-order chi connectivity index (χ1) is 7.72. The van der Waals surface area contributed by atoms with Crippen LogP contribution in [0, 0.1) is 6.92 Å². The lowest BCUT2D eigenvalue weighted by atomic mass is 10.2. The molecule has 5 nitrogen and oxygen atoms in total. The molecule has 0 N–H and O–H groups in total. The molecule has 2 aromatic heterocycles. The smallest absolute Gasteiger partial charge is 0.182 e. The third-order valence-electron chi connectivity index (χ3n) is 2.33. The minimum Gasteiger partial charge on any atom is -0.383 e. The van der Waals surface area contributed by atoms with Crippen LogP contribution < -0.4 is 0 Å². The van der Waals surface area contributed by atoms with Gasteiger partial charge in [-0.3, -0.25) is 9.38 Å². The number of alkyl halides is 1. The highest BCUT2D eigenvalue weighted by Gasteiger charge is 2.12. The van der Waals surface area contributed by atoms with Crippen LogP contribution in [0.25, 0.3) is 5.65 Å². The van der Waals surface area contributed by atoms with E-state index in [-0.39, 0.29) is 5.38 Å². The fraction of sp³-hybridized carbons (Fsp3) is 0.500. The summed E-state index contributed by atoms with van der Waals surface area (Å²) in [7, 11) is 1.63. The summed E-state index contributed by atoms with van der Waals surface area (Å²) < 4.78 is 6.89. The standard InChI is InChI=1S/C10H13ClN4O/c1-7-13-14-10-9(5-8(11)6-16-2)12-3-4-15(7)10/h3-4,8H,5-6H2,1-2H3. The van der Waals surface area contributed by atoms with E-state index in [0.29, 0.717) is 13.0 Å². The first-order valence-corrected chi connectivity index (χ1v) is 5.44. The van der Waals surface area contributed by atoms with Crippen molar-refractivity contribution in [2.24, 2.45) is 0 Å². The molecular weight excluding hydrogens is 228 g/mol. The summed E-state index contributed by atoms with van der Waals surface area (Å²) in [5.41, 5.74) is 1.61. The second-order valence-corrected chi connectivity index (χ2v) is 4.19. The van der Waals surface area contributed by atoms with Gasteiger partial charge in [0.2, 0.25) is 0 Å². The van der Waals surface area contributed by atoms with Crippen molar-refractivity contribution in [2.75, 3.05) is 13.7 Å². The highest BCUT2D eigenvalue weighted by atomic mass is 35.5. The maximum atomic E-state index is 6.10. The molecule has 0 aromatic carbocycles. The maximum absolute atomic E-state index is 6.10. The topological polar surface area (TPSA) is 52.3 Å². The molecule has 0 aliphatic carbocycles. The number of aryl methyl sites for hydroxylation is 1. The molecule has 86 valence electrons. The number of nitrogens with zero attached hydrogens (tertiary/aromatic N) is 4. The van der Waals surface area contributed by atoms with Crippen molar-refractivity contribution in [3.05, 3.63) is 23.9 Å². The van der Waals surface area contributed by atoms with Gasteiger partial charge in [-0.25, -0.2) is 0 Å². The van der Waals surface area contributed by atoms with Gasteiger partial charge in [0.15, 0.2) is 5.65 Å². The van der Waals surface area contributed by atoms with Crippen LogP contribution in [0.5, 0.6) is 0 Å². The van der Waals surface area contributed by atoms with Crippen LogP contribution in [0.3, 0.4) is 0 Å². The molecule has 0 bridgehead atoms. The van der Waals surface area contributed by atoms with Gasteiger partial charge in [0, 0.05) is 25.9 Å². The molecule has 0 aliphatic heterocycles. The van der Waals surface area contributed by atoms with E-state index < -0.39 is 0 Å². The van der Waals surface area contributed by atoms with Gasteiger partial charge in [-0.05, 0) is 6.92 Å². The van der Waals surface area contributed by atoms with Crippen LogP contribution in [0.4, 0.5) is 0 Å². The third kappa shape index (κ3) is 2.15. The van der Waals surface area contributed by atoms with E-state index in [0.717, 1.165) is 17.2 Å². The SMILES string of the molecule is COCC(Cl)Cc1nccn2c(C)nnc12. The largest absolute Gasteiger partial charge is 0.383 e. The minimum atomic E-state index is -0.0966. The molecule has 6 heteroatoms. The van der Waals surface area contributed by atoms with Gasteiger partial charge in [0.1, 0.15) is 5.82 Å². The molecule has 16 heavy (non-hydrogen) atoms. The molecule has 1 unspecified atom stereocenters. The van der Waals surface area contributed by atoms with Crippen molar-refractivity contribution in [3.63, 3.8) is 0 Å². The Morgan fingerprint density at radius 2 is 2.31 bits per heavy atom. The van der Waals surface area contributed by atoms with Crippen LogP contribution in [0.15, 0.2) is 12.4 Å². The number of methoxy groups -OCH3 is 1. The second kappa shape index (κ2) is 4.76. The van der Waals surface area contributed by atoms with Gasteiger partial charge in [-0.2, -0.15) is 0 Å². The number of fused-ring (bicyclic) bond motifs is 1. The van der Waals surface area contributed by atoms with E-state index in [2.05, 4.69) is 15.2 Å². The monoisotopic (exact) mass is 240 g/mol. The zero-order valence-electron chi connectivity index (χ0n) is 9.22. The van der Waals surface area contributed by atoms with Gasteiger partial charge >= 0.3 is 0 Å². The summed E-state index contributed by atoms with van der Waals surface area (Å²) in [4.78, 5) is 4.28. The molecule has 0 saturated carbocycles. The van der Waals surface area contributed by atoms with E-state index in [1.54, 1.807) is 13.3 Å². The number of aromatic nitrogens is 4. The lowest BCUT2D eigenvalue weighted by molar-refractivity contribution is 0.197.